The molecule has 1 N–H and O–H groups in total. The predicted octanol–water partition coefficient (Wildman–Crippen LogP) is 6.01. The minimum Gasteiger partial charge on any atom is -0.480 e. The number of allylic oxidation sites excluding steroid dienone is 1. The average Bonchev–Trinajstić information content (AvgIpc) is 2.62. The molecule has 1 aromatic carbocycles. The highest BCUT2D eigenvalue weighted by Crippen LogP contribution is 2.34. The molecule has 4 nitrogen and oxygen atoms in total. The quantitative estimate of drug-likeness (QED) is 0.252. The minimum absolute atomic E-state index is 0.321. The van der Waals surface area contributed by atoms with Gasteiger partial charge in [-0.1, -0.05) is 24.3 Å². The van der Waals surface area contributed by atoms with E-state index in [9.17, 15) is 13.2 Å². The number of nitrogens with zero attached hydrogens (tertiary/aromatic N) is 2. The molecule has 0 unspecified atom stereocenters. The lowest BCUT2D eigenvalue weighted by Crippen LogP contribution is -2.20. The van der Waals surface area contributed by atoms with Crippen LogP contribution in [0.5, 0.6) is 0 Å². The molecule has 2 aromatic rings. The van der Waals surface area contributed by atoms with Crippen LogP contribution in [0.4, 0.5) is 18.9 Å². The number of aryl methyl sites for hydroxylation is 1. The fraction of sp³-hybridized carbons (Fsp3) is 0.200. The summed E-state index contributed by atoms with van der Waals surface area (Å²) in [5, 5.41) is 2.67. The second-order valence-corrected chi connectivity index (χ2v) is 6.73. The third kappa shape index (κ3) is 5.69. The first-order valence-electron chi connectivity index (χ1n) is 8.17. The van der Waals surface area contributed by atoms with E-state index in [4.69, 9.17) is 4.74 Å². The topological polar surface area (TPSA) is 46.5 Å². The highest BCUT2D eigenvalue weighted by atomic mass is 79.9. The van der Waals surface area contributed by atoms with Crippen molar-refractivity contribution in [1.29, 1.82) is 0 Å². The molecular formula is C20H19BrF3N3O. The van der Waals surface area contributed by atoms with Crippen molar-refractivity contribution in [3.05, 3.63) is 82.1 Å². The lowest BCUT2D eigenvalue weighted by molar-refractivity contribution is -0.0923. The molecule has 0 amide bonds. The summed E-state index contributed by atoms with van der Waals surface area (Å²) in [7, 11) is 1.14. The molecule has 2 rings (SSSR count). The fourth-order valence-corrected chi connectivity index (χ4v) is 2.54. The normalized spacial score (nSPS) is 13.0. The zero-order chi connectivity index (χ0) is 20.9. The van der Waals surface area contributed by atoms with Gasteiger partial charge in [-0.25, -0.2) is 9.98 Å². The van der Waals surface area contributed by atoms with Crippen LogP contribution in [0.1, 0.15) is 18.1 Å². The van der Waals surface area contributed by atoms with E-state index in [-0.39, 0.29) is 5.70 Å². The van der Waals surface area contributed by atoms with E-state index in [1.54, 1.807) is 43.3 Å². The summed E-state index contributed by atoms with van der Waals surface area (Å²) in [5.74, 6) is -0.586. The van der Waals surface area contributed by atoms with Gasteiger partial charge in [0.15, 0.2) is 0 Å². The molecule has 0 bridgehead atoms. The van der Waals surface area contributed by atoms with Crippen molar-refractivity contribution in [3.63, 3.8) is 0 Å². The third-order valence-corrected chi connectivity index (χ3v) is 4.22. The molecule has 1 aromatic heterocycles. The van der Waals surface area contributed by atoms with E-state index in [1.807, 2.05) is 6.92 Å². The van der Waals surface area contributed by atoms with Gasteiger partial charge in [-0.15, -0.1) is 0 Å². The van der Waals surface area contributed by atoms with Crippen molar-refractivity contribution in [3.8, 4) is 0 Å². The zero-order valence-corrected chi connectivity index (χ0v) is 17.1. The number of rotatable bonds is 6. The van der Waals surface area contributed by atoms with Crippen molar-refractivity contribution in [2.45, 2.75) is 20.0 Å². The number of methoxy groups -OCH3 is 1. The van der Waals surface area contributed by atoms with Crippen molar-refractivity contribution in [2.24, 2.45) is 4.99 Å². The van der Waals surface area contributed by atoms with Crippen molar-refractivity contribution >= 4 is 27.3 Å². The van der Waals surface area contributed by atoms with Crippen LogP contribution in [0.2, 0.25) is 0 Å². The largest absolute Gasteiger partial charge is 0.480 e. The second kappa shape index (κ2) is 9.05. The van der Waals surface area contributed by atoms with Crippen molar-refractivity contribution < 1.29 is 17.9 Å². The lowest BCUT2D eigenvalue weighted by Gasteiger charge is -2.18. The first-order chi connectivity index (χ1) is 13.1. The lowest BCUT2D eigenvalue weighted by atomic mass is 10.1. The number of benzene rings is 1. The van der Waals surface area contributed by atoms with E-state index in [0.717, 1.165) is 12.7 Å². The number of halogens is 4. The maximum Gasteiger partial charge on any atom is 0.423 e. The van der Waals surface area contributed by atoms with Gasteiger partial charge in [0, 0.05) is 23.1 Å². The molecule has 0 spiro atoms. The standard InChI is InChI=1S/C20H19BrF3N3O/c1-12-5-8-16(9-6-12)26-14(3)18(20(22,23)24)19(28-4)27-13(2)15-7-10-17(21)25-11-15/h5-11,26H,3H2,1-2,4H3/b19-18-,27-13+. The zero-order valence-electron chi connectivity index (χ0n) is 15.6. The van der Waals surface area contributed by atoms with Crippen LogP contribution < -0.4 is 5.32 Å². The maximum absolute atomic E-state index is 13.8. The molecule has 8 heteroatoms. The molecule has 1 heterocycles. The Morgan fingerprint density at radius 3 is 2.32 bits per heavy atom. The number of hydrogen-bond donors (Lipinski definition) is 1. The monoisotopic (exact) mass is 453 g/mol. The average molecular weight is 454 g/mol. The molecule has 0 saturated carbocycles. The number of nitrogens with one attached hydrogen (secondary N) is 1. The van der Waals surface area contributed by atoms with Gasteiger partial charge in [0.2, 0.25) is 5.88 Å². The van der Waals surface area contributed by atoms with Crippen LogP contribution in [-0.4, -0.2) is 24.0 Å². The van der Waals surface area contributed by atoms with E-state index >= 15 is 0 Å². The van der Waals surface area contributed by atoms with Gasteiger partial charge in [-0.3, -0.25) is 0 Å². The Morgan fingerprint density at radius 1 is 1.18 bits per heavy atom. The first kappa shape index (κ1) is 21.7. The van der Waals surface area contributed by atoms with Crippen molar-refractivity contribution in [2.75, 3.05) is 12.4 Å². The summed E-state index contributed by atoms with van der Waals surface area (Å²) < 4.78 is 46.8. The Morgan fingerprint density at radius 2 is 1.82 bits per heavy atom. The molecule has 0 radical (unpaired) electrons. The number of ether oxygens (including phenoxy) is 1. The number of anilines is 1. The number of pyridine rings is 1. The Balaban J connectivity index is 2.45. The van der Waals surface area contributed by atoms with E-state index < -0.39 is 17.6 Å². The molecular weight excluding hydrogens is 435 g/mol. The molecule has 0 aliphatic carbocycles. The van der Waals surface area contributed by atoms with Gasteiger partial charge < -0.3 is 10.1 Å². The van der Waals surface area contributed by atoms with E-state index in [2.05, 4.69) is 37.8 Å². The third-order valence-electron chi connectivity index (χ3n) is 3.75. The van der Waals surface area contributed by atoms with E-state index in [1.165, 1.54) is 6.20 Å². The molecule has 0 saturated heterocycles. The first-order valence-corrected chi connectivity index (χ1v) is 8.96. The highest BCUT2D eigenvalue weighted by molar-refractivity contribution is 9.10. The summed E-state index contributed by atoms with van der Waals surface area (Å²) >= 11 is 3.21. The van der Waals surface area contributed by atoms with Gasteiger partial charge in [-0.2, -0.15) is 13.2 Å². The SMILES string of the molecule is C=C(Nc1ccc(C)cc1)/C(=C(\N=C(/C)c1ccc(Br)nc1)OC)C(F)(F)F. The smallest absolute Gasteiger partial charge is 0.423 e. The van der Waals surface area contributed by atoms with Crippen LogP contribution in [-0.2, 0) is 4.74 Å². The number of alkyl halides is 3. The van der Waals surface area contributed by atoms with Crippen molar-refractivity contribution in [1.82, 2.24) is 4.98 Å². The van der Waals surface area contributed by atoms with E-state index in [0.29, 0.717) is 21.6 Å². The Hall–Kier alpha value is -2.61. The van der Waals surface area contributed by atoms with Crippen LogP contribution in [0, 0.1) is 6.92 Å². The minimum atomic E-state index is -4.72. The summed E-state index contributed by atoms with van der Waals surface area (Å²) in [4.78, 5) is 8.09. The number of aromatic nitrogens is 1. The van der Waals surface area contributed by atoms with Gasteiger partial charge in [0.05, 0.1) is 12.8 Å². The molecule has 0 atom stereocenters. The van der Waals surface area contributed by atoms with Crippen LogP contribution in [0.3, 0.4) is 0 Å². The summed E-state index contributed by atoms with van der Waals surface area (Å²) in [6, 6.07) is 10.3. The Bertz CT molecular complexity index is 902. The maximum atomic E-state index is 13.8. The number of aliphatic imine (C=N–C) groups is 1. The molecule has 0 aliphatic heterocycles. The summed E-state index contributed by atoms with van der Waals surface area (Å²) in [6.07, 6.45) is -3.22. The van der Waals surface area contributed by atoms with Crippen LogP contribution >= 0.6 is 15.9 Å². The molecule has 148 valence electrons. The molecule has 0 fully saturated rings. The highest BCUT2D eigenvalue weighted by Gasteiger charge is 2.40. The summed E-state index contributed by atoms with van der Waals surface area (Å²) in [6.45, 7) is 7.01. The van der Waals surface area contributed by atoms with Gasteiger partial charge >= 0.3 is 6.18 Å². The Kier molecular flexibility index (Phi) is 7.01. The van der Waals surface area contributed by atoms with Gasteiger partial charge in [-0.05, 0) is 54.0 Å². The summed E-state index contributed by atoms with van der Waals surface area (Å²) in [5.41, 5.74) is 0.908. The molecule has 0 aliphatic rings. The van der Waals surface area contributed by atoms with Gasteiger partial charge in [0.25, 0.3) is 0 Å². The second-order valence-electron chi connectivity index (χ2n) is 5.92. The fourth-order valence-electron chi connectivity index (χ4n) is 2.31. The van der Waals surface area contributed by atoms with Crippen LogP contribution in [0.25, 0.3) is 0 Å². The van der Waals surface area contributed by atoms with Gasteiger partial charge in [0.1, 0.15) is 10.2 Å². The Labute approximate surface area is 170 Å². The molecule has 28 heavy (non-hydrogen) atoms. The van der Waals surface area contributed by atoms with Crippen LogP contribution in [0.15, 0.2) is 75.9 Å². The predicted molar refractivity (Wildman–Crippen MR) is 108 cm³/mol. The number of hydrogen-bond acceptors (Lipinski definition) is 4.